The van der Waals surface area contributed by atoms with Crippen LogP contribution in [0.3, 0.4) is 0 Å². The second kappa shape index (κ2) is 8.56. The van der Waals surface area contributed by atoms with Gasteiger partial charge in [0.1, 0.15) is 4.99 Å². The van der Waals surface area contributed by atoms with Crippen molar-refractivity contribution in [2.45, 2.75) is 13.0 Å². The van der Waals surface area contributed by atoms with Gasteiger partial charge in [0.15, 0.2) is 0 Å². The lowest BCUT2D eigenvalue weighted by atomic mass is 10.1. The van der Waals surface area contributed by atoms with Gasteiger partial charge < -0.3 is 20.1 Å². The van der Waals surface area contributed by atoms with Gasteiger partial charge in [-0.25, -0.2) is 0 Å². The number of methoxy groups -OCH3 is 2. The number of nitrogens with two attached hydrogens (primary N) is 1. The molecule has 0 spiro atoms. The minimum absolute atomic E-state index is 0.199. The third-order valence-electron chi connectivity index (χ3n) is 3.01. The second-order valence-corrected chi connectivity index (χ2v) is 5.87. The highest BCUT2D eigenvalue weighted by atomic mass is 79.9. The van der Waals surface area contributed by atoms with Gasteiger partial charge in [0.05, 0.1) is 13.2 Å². The lowest BCUT2D eigenvalue weighted by Gasteiger charge is -2.32. The Hall–Kier alpha value is -0.690. The summed E-state index contributed by atoms with van der Waals surface area (Å²) in [6, 6.07) is 6.14. The molecular formula is C14H21BrN2O2S. The normalized spacial score (nSPS) is 12.2. The van der Waals surface area contributed by atoms with Crippen molar-refractivity contribution in [3.63, 3.8) is 0 Å². The number of halogens is 1. The average Bonchev–Trinajstić information content (AvgIpc) is 2.40. The molecule has 0 amide bonds. The Morgan fingerprint density at radius 3 is 2.65 bits per heavy atom. The fourth-order valence-corrected chi connectivity index (χ4v) is 2.58. The standard InChI is InChI=1S/C14H21BrN2O2S/c1-10(9-19-3)17(6-7-18-2)13-5-4-11(15)8-12(13)14(16)20/h4-5,8,10H,6-7,9H2,1-3H3,(H2,16,20). The lowest BCUT2D eigenvalue weighted by molar-refractivity contribution is 0.171. The Kier molecular flexibility index (Phi) is 7.43. The number of rotatable bonds is 8. The first-order valence-corrected chi connectivity index (χ1v) is 7.55. The highest BCUT2D eigenvalue weighted by molar-refractivity contribution is 9.10. The minimum Gasteiger partial charge on any atom is -0.389 e. The fraction of sp³-hybridized carbons (Fsp3) is 0.500. The van der Waals surface area contributed by atoms with Crippen molar-refractivity contribution in [1.29, 1.82) is 0 Å². The predicted octanol–water partition coefficient (Wildman–Crippen LogP) is 2.57. The Bertz CT molecular complexity index is 457. The van der Waals surface area contributed by atoms with Crippen LogP contribution in [0.2, 0.25) is 0 Å². The maximum Gasteiger partial charge on any atom is 0.106 e. The molecule has 0 bridgehead atoms. The summed E-state index contributed by atoms with van der Waals surface area (Å²) in [6.07, 6.45) is 0. The van der Waals surface area contributed by atoms with Crippen molar-refractivity contribution < 1.29 is 9.47 Å². The van der Waals surface area contributed by atoms with Crippen LogP contribution in [-0.2, 0) is 9.47 Å². The first-order valence-electron chi connectivity index (χ1n) is 6.35. The van der Waals surface area contributed by atoms with Gasteiger partial charge in [-0.2, -0.15) is 0 Å². The molecule has 0 fully saturated rings. The van der Waals surface area contributed by atoms with Crippen molar-refractivity contribution in [3.8, 4) is 0 Å². The lowest BCUT2D eigenvalue weighted by Crippen LogP contribution is -2.39. The van der Waals surface area contributed by atoms with Gasteiger partial charge in [-0.15, -0.1) is 0 Å². The van der Waals surface area contributed by atoms with Gasteiger partial charge in [0.2, 0.25) is 0 Å². The van der Waals surface area contributed by atoms with Crippen molar-refractivity contribution >= 4 is 38.8 Å². The van der Waals surface area contributed by atoms with E-state index in [-0.39, 0.29) is 6.04 Å². The minimum atomic E-state index is 0.199. The highest BCUT2D eigenvalue weighted by Crippen LogP contribution is 2.26. The fourth-order valence-electron chi connectivity index (χ4n) is 2.06. The van der Waals surface area contributed by atoms with E-state index in [0.717, 1.165) is 22.3 Å². The summed E-state index contributed by atoms with van der Waals surface area (Å²) in [7, 11) is 3.39. The molecule has 0 saturated carbocycles. The van der Waals surface area contributed by atoms with Crippen LogP contribution in [-0.4, -0.2) is 45.0 Å². The molecule has 1 aromatic carbocycles. The number of benzene rings is 1. The van der Waals surface area contributed by atoms with E-state index in [0.29, 0.717) is 18.2 Å². The molecule has 0 heterocycles. The molecule has 20 heavy (non-hydrogen) atoms. The SMILES string of the molecule is COCCN(c1ccc(Br)cc1C(N)=S)C(C)COC. The van der Waals surface area contributed by atoms with E-state index >= 15 is 0 Å². The van der Waals surface area contributed by atoms with Crippen LogP contribution in [0.5, 0.6) is 0 Å². The van der Waals surface area contributed by atoms with Crippen LogP contribution in [0.4, 0.5) is 5.69 Å². The molecule has 1 unspecified atom stereocenters. The first-order chi connectivity index (χ1) is 9.51. The van der Waals surface area contributed by atoms with Gasteiger partial charge >= 0.3 is 0 Å². The topological polar surface area (TPSA) is 47.7 Å². The number of hydrogen-bond donors (Lipinski definition) is 1. The summed E-state index contributed by atoms with van der Waals surface area (Å²) in [5, 5.41) is 0. The van der Waals surface area contributed by atoms with Crippen molar-refractivity contribution in [2.75, 3.05) is 38.9 Å². The zero-order valence-corrected chi connectivity index (χ0v) is 14.5. The quantitative estimate of drug-likeness (QED) is 0.722. The molecule has 0 aromatic heterocycles. The summed E-state index contributed by atoms with van der Waals surface area (Å²) in [6.45, 7) is 4.10. The summed E-state index contributed by atoms with van der Waals surface area (Å²) in [5.41, 5.74) is 7.70. The number of nitrogens with zero attached hydrogens (tertiary/aromatic N) is 1. The van der Waals surface area contributed by atoms with E-state index < -0.39 is 0 Å². The molecule has 0 aliphatic heterocycles. The number of thiocarbonyl (C=S) groups is 1. The molecule has 4 nitrogen and oxygen atoms in total. The predicted molar refractivity (Wildman–Crippen MR) is 90.6 cm³/mol. The van der Waals surface area contributed by atoms with Crippen LogP contribution >= 0.6 is 28.1 Å². The van der Waals surface area contributed by atoms with E-state index in [9.17, 15) is 0 Å². The molecule has 1 aromatic rings. The highest BCUT2D eigenvalue weighted by Gasteiger charge is 2.18. The van der Waals surface area contributed by atoms with Crippen LogP contribution in [0.15, 0.2) is 22.7 Å². The summed E-state index contributed by atoms with van der Waals surface area (Å²) in [4.78, 5) is 2.59. The molecule has 1 atom stereocenters. The Morgan fingerprint density at radius 1 is 1.40 bits per heavy atom. The van der Waals surface area contributed by atoms with E-state index in [1.807, 2.05) is 18.2 Å². The third-order valence-corrected chi connectivity index (χ3v) is 3.72. The second-order valence-electron chi connectivity index (χ2n) is 4.52. The molecular weight excluding hydrogens is 340 g/mol. The molecule has 0 aliphatic rings. The zero-order valence-electron chi connectivity index (χ0n) is 12.1. The number of ether oxygens (including phenoxy) is 2. The zero-order chi connectivity index (χ0) is 15.1. The smallest absolute Gasteiger partial charge is 0.106 e. The Morgan fingerprint density at radius 2 is 2.10 bits per heavy atom. The molecule has 0 radical (unpaired) electrons. The summed E-state index contributed by atoms with van der Waals surface area (Å²) in [5.74, 6) is 0. The number of hydrogen-bond acceptors (Lipinski definition) is 4. The average molecular weight is 361 g/mol. The van der Waals surface area contributed by atoms with E-state index in [2.05, 4.69) is 27.8 Å². The Labute approximate surface area is 134 Å². The van der Waals surface area contributed by atoms with Crippen molar-refractivity contribution in [3.05, 3.63) is 28.2 Å². The van der Waals surface area contributed by atoms with Crippen molar-refractivity contribution in [2.24, 2.45) is 5.73 Å². The molecule has 0 aliphatic carbocycles. The molecule has 1 rings (SSSR count). The third kappa shape index (κ3) is 4.70. The van der Waals surface area contributed by atoms with Gasteiger partial charge in [-0.05, 0) is 25.1 Å². The molecule has 2 N–H and O–H groups in total. The van der Waals surface area contributed by atoms with Gasteiger partial charge in [-0.1, -0.05) is 28.1 Å². The van der Waals surface area contributed by atoms with Crippen LogP contribution < -0.4 is 10.6 Å². The number of anilines is 1. The molecule has 0 saturated heterocycles. The maximum atomic E-state index is 5.85. The summed E-state index contributed by atoms with van der Waals surface area (Å²) >= 11 is 8.61. The van der Waals surface area contributed by atoms with Gasteiger partial charge in [0.25, 0.3) is 0 Å². The van der Waals surface area contributed by atoms with Crippen LogP contribution in [0, 0.1) is 0 Å². The monoisotopic (exact) mass is 360 g/mol. The Balaban J connectivity index is 3.14. The van der Waals surface area contributed by atoms with Crippen molar-refractivity contribution in [1.82, 2.24) is 0 Å². The van der Waals surface area contributed by atoms with Crippen LogP contribution in [0.1, 0.15) is 12.5 Å². The van der Waals surface area contributed by atoms with E-state index in [4.69, 9.17) is 27.4 Å². The molecule has 112 valence electrons. The largest absolute Gasteiger partial charge is 0.389 e. The van der Waals surface area contributed by atoms with E-state index in [1.165, 1.54) is 0 Å². The van der Waals surface area contributed by atoms with Gasteiger partial charge in [0, 0.05) is 42.5 Å². The molecule has 6 heteroatoms. The first kappa shape index (κ1) is 17.4. The van der Waals surface area contributed by atoms with Gasteiger partial charge in [-0.3, -0.25) is 0 Å². The van der Waals surface area contributed by atoms with E-state index in [1.54, 1.807) is 14.2 Å². The summed E-state index contributed by atoms with van der Waals surface area (Å²) < 4.78 is 11.4. The van der Waals surface area contributed by atoms with Crippen LogP contribution in [0.25, 0.3) is 0 Å². The maximum absolute atomic E-state index is 5.85.